The van der Waals surface area contributed by atoms with Gasteiger partial charge in [0.15, 0.2) is 17.3 Å². The molecule has 23 heavy (non-hydrogen) atoms. The predicted octanol–water partition coefficient (Wildman–Crippen LogP) is 3.31. The fraction of sp³-hybridized carbons (Fsp3) is 0.588. The minimum atomic E-state index is -3.64. The molecule has 0 N–H and O–H groups in total. The second kappa shape index (κ2) is 5.16. The van der Waals surface area contributed by atoms with E-state index in [0.29, 0.717) is 29.9 Å². The van der Waals surface area contributed by atoms with Crippen molar-refractivity contribution in [3.05, 3.63) is 23.8 Å². The Morgan fingerprint density at radius 2 is 2.00 bits per heavy atom. The van der Waals surface area contributed by atoms with E-state index >= 15 is 0 Å². The molecule has 2 heterocycles. The summed E-state index contributed by atoms with van der Waals surface area (Å²) >= 11 is 0. The molecule has 124 valence electrons. The third kappa shape index (κ3) is 2.92. The maximum Gasteiger partial charge on any atom is 0.586 e. The summed E-state index contributed by atoms with van der Waals surface area (Å²) in [4.78, 5) is 15.0. The Kier molecular flexibility index (Phi) is 3.34. The summed E-state index contributed by atoms with van der Waals surface area (Å²) in [6.45, 7) is 4.19. The zero-order chi connectivity index (χ0) is 16.2. The molecule has 0 radical (unpaired) electrons. The molecule has 0 amide bonds. The highest BCUT2D eigenvalue weighted by molar-refractivity contribution is 5.97. The standard InChI is InChI=1S/C17H19F2NO3/c1-10-8-20(13-3-4-13)9-12(10)6-14(21)11-2-5-15-16(7-11)23-17(18,19)22-15/h2,5,7,10,12-13H,3-4,6,8-9H2,1H3/t10-,12+/m1/s1. The smallest absolute Gasteiger partial charge is 0.395 e. The van der Waals surface area contributed by atoms with Crippen LogP contribution in [0.3, 0.4) is 0 Å². The van der Waals surface area contributed by atoms with Crippen LogP contribution in [0.5, 0.6) is 11.5 Å². The van der Waals surface area contributed by atoms with Crippen LogP contribution in [0.15, 0.2) is 18.2 Å². The summed E-state index contributed by atoms with van der Waals surface area (Å²) in [5.74, 6) is 0.689. The van der Waals surface area contributed by atoms with Crippen LogP contribution in [-0.4, -0.2) is 36.1 Å². The molecular formula is C17H19F2NO3. The van der Waals surface area contributed by atoms with Crippen LogP contribution < -0.4 is 9.47 Å². The Hall–Kier alpha value is -1.69. The second-order valence-corrected chi connectivity index (χ2v) is 6.88. The highest BCUT2D eigenvalue weighted by Crippen LogP contribution is 2.42. The highest BCUT2D eigenvalue weighted by atomic mass is 19.3. The number of hydrogen-bond acceptors (Lipinski definition) is 4. The molecule has 1 saturated carbocycles. The zero-order valence-electron chi connectivity index (χ0n) is 12.9. The van der Waals surface area contributed by atoms with E-state index in [1.54, 1.807) is 0 Å². The number of carbonyl (C=O) groups excluding carboxylic acids is 1. The summed E-state index contributed by atoms with van der Waals surface area (Å²) in [7, 11) is 0. The first kappa shape index (κ1) is 14.9. The van der Waals surface area contributed by atoms with Gasteiger partial charge in [-0.15, -0.1) is 8.78 Å². The molecule has 0 spiro atoms. The average molecular weight is 323 g/mol. The van der Waals surface area contributed by atoms with Crippen LogP contribution in [-0.2, 0) is 0 Å². The second-order valence-electron chi connectivity index (χ2n) is 6.88. The molecule has 6 heteroatoms. The summed E-state index contributed by atoms with van der Waals surface area (Å²) in [6.07, 6.45) is -0.664. The summed E-state index contributed by atoms with van der Waals surface area (Å²) in [5.41, 5.74) is 0.405. The zero-order valence-corrected chi connectivity index (χ0v) is 12.9. The Morgan fingerprint density at radius 3 is 2.74 bits per heavy atom. The minimum absolute atomic E-state index is 0.0267. The molecule has 0 aromatic heterocycles. The molecule has 0 bridgehead atoms. The van der Waals surface area contributed by atoms with E-state index in [2.05, 4.69) is 21.3 Å². The van der Waals surface area contributed by atoms with Gasteiger partial charge >= 0.3 is 6.29 Å². The van der Waals surface area contributed by atoms with E-state index < -0.39 is 6.29 Å². The number of ether oxygens (including phenoxy) is 2. The van der Waals surface area contributed by atoms with Crippen LogP contribution in [0.2, 0.25) is 0 Å². The fourth-order valence-electron chi connectivity index (χ4n) is 3.56. The van der Waals surface area contributed by atoms with Gasteiger partial charge in [-0.3, -0.25) is 9.69 Å². The lowest BCUT2D eigenvalue weighted by molar-refractivity contribution is -0.286. The van der Waals surface area contributed by atoms with Gasteiger partial charge in [0.25, 0.3) is 0 Å². The number of fused-ring (bicyclic) bond motifs is 1. The fourth-order valence-corrected chi connectivity index (χ4v) is 3.56. The number of ketones is 1. The molecule has 2 aliphatic heterocycles. The third-order valence-corrected chi connectivity index (χ3v) is 5.03. The normalized spacial score (nSPS) is 29.0. The van der Waals surface area contributed by atoms with Crippen molar-refractivity contribution in [3.63, 3.8) is 0 Å². The van der Waals surface area contributed by atoms with Crippen molar-refractivity contribution in [3.8, 4) is 11.5 Å². The molecule has 2 atom stereocenters. The van der Waals surface area contributed by atoms with Crippen molar-refractivity contribution < 1.29 is 23.0 Å². The van der Waals surface area contributed by atoms with Crippen LogP contribution in [0, 0.1) is 11.8 Å². The van der Waals surface area contributed by atoms with Crippen LogP contribution in [0.1, 0.15) is 36.5 Å². The Labute approximate surface area is 133 Å². The summed E-state index contributed by atoms with van der Waals surface area (Å²) in [5, 5.41) is 0. The van der Waals surface area contributed by atoms with Crippen molar-refractivity contribution in [2.45, 2.75) is 38.5 Å². The monoisotopic (exact) mass is 323 g/mol. The van der Waals surface area contributed by atoms with Crippen molar-refractivity contribution >= 4 is 5.78 Å². The molecule has 3 aliphatic rings. The van der Waals surface area contributed by atoms with E-state index in [1.165, 1.54) is 31.0 Å². The minimum Gasteiger partial charge on any atom is -0.395 e. The Balaban J connectivity index is 1.44. The lowest BCUT2D eigenvalue weighted by atomic mass is 9.90. The van der Waals surface area contributed by atoms with Crippen molar-refractivity contribution in [2.24, 2.45) is 11.8 Å². The summed E-state index contributed by atoms with van der Waals surface area (Å²) < 4.78 is 34.8. The van der Waals surface area contributed by atoms with Crippen molar-refractivity contribution in [1.82, 2.24) is 4.90 Å². The molecule has 1 aromatic carbocycles. The maximum atomic E-state index is 13.0. The molecule has 2 fully saturated rings. The average Bonchev–Trinajstić information content (AvgIpc) is 3.19. The molecule has 1 aliphatic carbocycles. The van der Waals surface area contributed by atoms with E-state index in [9.17, 15) is 13.6 Å². The molecule has 4 nitrogen and oxygen atoms in total. The predicted molar refractivity (Wildman–Crippen MR) is 78.8 cm³/mol. The SMILES string of the molecule is C[C@@H]1CN(C2CC2)C[C@@H]1CC(=O)c1ccc2c(c1)OC(F)(F)O2. The first-order valence-corrected chi connectivity index (χ1v) is 8.08. The van der Waals surface area contributed by atoms with Gasteiger partial charge in [-0.25, -0.2) is 0 Å². The number of carbonyl (C=O) groups is 1. The Bertz CT molecular complexity index is 645. The number of benzene rings is 1. The van der Waals surface area contributed by atoms with E-state index in [-0.39, 0.29) is 17.3 Å². The Morgan fingerprint density at radius 1 is 1.26 bits per heavy atom. The number of likely N-dealkylation sites (tertiary alicyclic amines) is 1. The van der Waals surface area contributed by atoms with Gasteiger partial charge in [0, 0.05) is 31.1 Å². The van der Waals surface area contributed by atoms with E-state index in [0.717, 1.165) is 13.1 Å². The lowest BCUT2D eigenvalue weighted by Crippen LogP contribution is -2.25. The van der Waals surface area contributed by atoms with Gasteiger partial charge in [0.1, 0.15) is 0 Å². The number of halogens is 2. The maximum absolute atomic E-state index is 13.0. The quantitative estimate of drug-likeness (QED) is 0.797. The summed E-state index contributed by atoms with van der Waals surface area (Å²) in [6, 6.07) is 4.98. The van der Waals surface area contributed by atoms with Crippen LogP contribution >= 0.6 is 0 Å². The van der Waals surface area contributed by atoms with Gasteiger partial charge in [-0.1, -0.05) is 6.92 Å². The first-order valence-electron chi connectivity index (χ1n) is 8.08. The van der Waals surface area contributed by atoms with Crippen molar-refractivity contribution in [2.75, 3.05) is 13.1 Å². The topological polar surface area (TPSA) is 38.8 Å². The van der Waals surface area contributed by atoms with E-state index in [1.807, 2.05) is 0 Å². The van der Waals surface area contributed by atoms with Crippen LogP contribution in [0.4, 0.5) is 8.78 Å². The molecule has 0 unspecified atom stereocenters. The molecule has 1 saturated heterocycles. The molecular weight excluding hydrogens is 304 g/mol. The highest BCUT2D eigenvalue weighted by Gasteiger charge is 2.44. The van der Waals surface area contributed by atoms with Crippen molar-refractivity contribution in [1.29, 1.82) is 0 Å². The number of Topliss-reactive ketones (excluding diaryl/α,β-unsaturated/α-hetero) is 1. The lowest BCUT2D eigenvalue weighted by Gasteiger charge is -2.14. The van der Waals surface area contributed by atoms with Gasteiger partial charge in [-0.05, 0) is 42.9 Å². The number of rotatable bonds is 4. The van der Waals surface area contributed by atoms with Crippen LogP contribution in [0.25, 0.3) is 0 Å². The number of nitrogens with zero attached hydrogens (tertiary/aromatic N) is 1. The van der Waals surface area contributed by atoms with Gasteiger partial charge in [-0.2, -0.15) is 0 Å². The van der Waals surface area contributed by atoms with E-state index in [4.69, 9.17) is 0 Å². The number of alkyl halides is 2. The molecule has 4 rings (SSSR count). The van der Waals surface area contributed by atoms with Gasteiger partial charge in [0.2, 0.25) is 0 Å². The third-order valence-electron chi connectivity index (χ3n) is 5.03. The molecule has 1 aromatic rings. The number of hydrogen-bond donors (Lipinski definition) is 0. The largest absolute Gasteiger partial charge is 0.586 e. The van der Waals surface area contributed by atoms with Gasteiger partial charge < -0.3 is 9.47 Å². The first-order chi connectivity index (χ1) is 10.9. The van der Waals surface area contributed by atoms with Gasteiger partial charge in [0.05, 0.1) is 0 Å².